The lowest BCUT2D eigenvalue weighted by atomic mass is 9.92. The topological polar surface area (TPSA) is 47.6 Å². The Morgan fingerprint density at radius 2 is 2.21 bits per heavy atom. The van der Waals surface area contributed by atoms with Gasteiger partial charge in [-0.15, -0.1) is 0 Å². The highest BCUT2D eigenvalue weighted by Gasteiger charge is 2.36. The quantitative estimate of drug-likeness (QED) is 0.606. The molecule has 0 fully saturated rings. The lowest BCUT2D eigenvalue weighted by Gasteiger charge is -2.29. The van der Waals surface area contributed by atoms with Crippen molar-refractivity contribution in [2.24, 2.45) is 0 Å². The second-order valence-electron chi connectivity index (χ2n) is 4.28. The number of hydrogen-bond donors (Lipinski definition) is 1. The lowest BCUT2D eigenvalue weighted by Crippen LogP contribution is -2.48. The fourth-order valence-electron chi connectivity index (χ4n) is 1.77. The molecule has 0 aliphatic heterocycles. The summed E-state index contributed by atoms with van der Waals surface area (Å²) in [5.41, 5.74) is -0.557. The molecule has 1 unspecified atom stereocenters. The molecule has 5 heteroatoms. The zero-order valence-corrected chi connectivity index (χ0v) is 11.5. The number of nitrogens with one attached hydrogen (secondary N) is 1. The predicted molar refractivity (Wildman–Crippen MR) is 70.3 cm³/mol. The van der Waals surface area contributed by atoms with Crippen LogP contribution in [0.5, 0.6) is 0 Å². The van der Waals surface area contributed by atoms with Gasteiger partial charge in [-0.05, 0) is 31.5 Å². The summed E-state index contributed by atoms with van der Waals surface area (Å²) in [4.78, 5) is 12.1. The van der Waals surface area contributed by atoms with Crippen molar-refractivity contribution in [3.63, 3.8) is 0 Å². The van der Waals surface area contributed by atoms with Crippen LogP contribution in [0.1, 0.15) is 19.4 Å². The van der Waals surface area contributed by atoms with E-state index in [1.165, 1.54) is 12.1 Å². The van der Waals surface area contributed by atoms with Crippen molar-refractivity contribution in [3.8, 4) is 0 Å². The van der Waals surface area contributed by atoms with Crippen molar-refractivity contribution in [3.05, 3.63) is 35.6 Å². The van der Waals surface area contributed by atoms with Gasteiger partial charge in [-0.25, -0.2) is 9.18 Å². The first-order valence-electron chi connectivity index (χ1n) is 6.21. The number of hydrogen-bond acceptors (Lipinski definition) is 4. The van der Waals surface area contributed by atoms with Gasteiger partial charge in [-0.1, -0.05) is 12.1 Å². The van der Waals surface area contributed by atoms with Crippen LogP contribution < -0.4 is 5.32 Å². The number of benzene rings is 1. The van der Waals surface area contributed by atoms with Gasteiger partial charge in [0.2, 0.25) is 0 Å². The van der Waals surface area contributed by atoms with Crippen molar-refractivity contribution < 1.29 is 18.7 Å². The molecule has 1 rings (SSSR count). The van der Waals surface area contributed by atoms with Crippen molar-refractivity contribution >= 4 is 5.97 Å². The van der Waals surface area contributed by atoms with Gasteiger partial charge >= 0.3 is 5.97 Å². The van der Waals surface area contributed by atoms with E-state index >= 15 is 0 Å². The second-order valence-corrected chi connectivity index (χ2v) is 4.28. The first-order chi connectivity index (χ1) is 9.04. The Morgan fingerprint density at radius 1 is 1.47 bits per heavy atom. The normalized spacial score (nSPS) is 13.9. The van der Waals surface area contributed by atoms with Crippen LogP contribution >= 0.6 is 0 Å². The zero-order valence-electron chi connectivity index (χ0n) is 11.5. The fraction of sp³-hybridized carbons (Fsp3) is 0.500. The summed E-state index contributed by atoms with van der Waals surface area (Å²) >= 11 is 0. The van der Waals surface area contributed by atoms with Gasteiger partial charge in [-0.2, -0.15) is 0 Å². The van der Waals surface area contributed by atoms with E-state index < -0.39 is 11.5 Å². The van der Waals surface area contributed by atoms with Crippen LogP contribution in [0.15, 0.2) is 24.3 Å². The first kappa shape index (κ1) is 15.6. The van der Waals surface area contributed by atoms with Gasteiger partial charge in [-0.3, -0.25) is 5.32 Å². The number of carbonyl (C=O) groups excluding carboxylic acids is 1. The van der Waals surface area contributed by atoms with Crippen LogP contribution in [0, 0.1) is 5.82 Å². The van der Waals surface area contributed by atoms with E-state index in [1.807, 2.05) is 0 Å². The Bertz CT molecular complexity index is 425. The van der Waals surface area contributed by atoms with Crippen LogP contribution in [-0.2, 0) is 19.8 Å². The van der Waals surface area contributed by atoms with E-state index in [-0.39, 0.29) is 12.4 Å². The molecule has 0 aliphatic carbocycles. The maximum Gasteiger partial charge on any atom is 0.330 e. The molecule has 0 bridgehead atoms. The fourth-order valence-corrected chi connectivity index (χ4v) is 1.77. The summed E-state index contributed by atoms with van der Waals surface area (Å²) < 4.78 is 23.3. The Kier molecular flexibility index (Phi) is 5.92. The minimum atomic E-state index is -1.09. The highest BCUT2D eigenvalue weighted by Crippen LogP contribution is 2.23. The standard InChI is InChI=1S/C14H20FNO3/c1-4-19-13(17)14(2,16-8-9-18-3)11-6-5-7-12(15)10-11/h5-7,10,16H,4,8-9H2,1-3H3. The van der Waals surface area contributed by atoms with Gasteiger partial charge in [0.1, 0.15) is 11.4 Å². The molecule has 106 valence electrons. The van der Waals surface area contributed by atoms with Gasteiger partial charge in [0.15, 0.2) is 0 Å². The SMILES string of the molecule is CCOC(=O)C(C)(NCCOC)c1cccc(F)c1. The Balaban J connectivity index is 2.99. The number of rotatable bonds is 7. The minimum absolute atomic E-state index is 0.274. The molecule has 1 atom stereocenters. The summed E-state index contributed by atoms with van der Waals surface area (Å²) in [7, 11) is 1.57. The Hall–Kier alpha value is -1.46. The average Bonchev–Trinajstić information content (AvgIpc) is 2.39. The highest BCUT2D eigenvalue weighted by molar-refractivity contribution is 5.82. The summed E-state index contributed by atoms with van der Waals surface area (Å²) in [5, 5.41) is 3.06. The average molecular weight is 269 g/mol. The largest absolute Gasteiger partial charge is 0.464 e. The van der Waals surface area contributed by atoms with E-state index in [4.69, 9.17) is 9.47 Å². The number of ether oxygens (including phenoxy) is 2. The van der Waals surface area contributed by atoms with Gasteiger partial charge in [0.25, 0.3) is 0 Å². The summed E-state index contributed by atoms with van der Waals surface area (Å²) in [6.07, 6.45) is 0. The number of halogens is 1. The molecule has 0 saturated heterocycles. The van der Waals surface area contributed by atoms with Crippen molar-refractivity contribution in [1.29, 1.82) is 0 Å². The van der Waals surface area contributed by atoms with Crippen molar-refractivity contribution in [2.45, 2.75) is 19.4 Å². The molecule has 1 aromatic carbocycles. The van der Waals surface area contributed by atoms with Crippen LogP contribution in [0.25, 0.3) is 0 Å². The van der Waals surface area contributed by atoms with Gasteiger partial charge in [0, 0.05) is 13.7 Å². The molecule has 1 aromatic rings. The minimum Gasteiger partial charge on any atom is -0.464 e. The number of methoxy groups -OCH3 is 1. The summed E-state index contributed by atoms with van der Waals surface area (Å²) in [5.74, 6) is -0.821. The molecule has 0 amide bonds. The molecule has 19 heavy (non-hydrogen) atoms. The number of carbonyl (C=O) groups is 1. The molecule has 0 spiro atoms. The molecule has 0 aliphatic rings. The van der Waals surface area contributed by atoms with Crippen LogP contribution in [0.4, 0.5) is 4.39 Å². The Labute approximate surface area is 112 Å². The van der Waals surface area contributed by atoms with Crippen molar-refractivity contribution in [2.75, 3.05) is 26.9 Å². The third-order valence-corrected chi connectivity index (χ3v) is 2.87. The zero-order chi connectivity index (χ0) is 14.3. The molecule has 0 heterocycles. The molecule has 0 radical (unpaired) electrons. The summed E-state index contributed by atoms with van der Waals surface area (Å²) in [6, 6.07) is 5.93. The van der Waals surface area contributed by atoms with Crippen LogP contribution in [-0.4, -0.2) is 32.8 Å². The van der Waals surface area contributed by atoms with Crippen molar-refractivity contribution in [1.82, 2.24) is 5.32 Å². The molecule has 1 N–H and O–H groups in total. The molecular weight excluding hydrogens is 249 g/mol. The monoisotopic (exact) mass is 269 g/mol. The second kappa shape index (κ2) is 7.21. The maximum atomic E-state index is 13.3. The highest BCUT2D eigenvalue weighted by atomic mass is 19.1. The van der Waals surface area contributed by atoms with E-state index in [1.54, 1.807) is 33.1 Å². The van der Waals surface area contributed by atoms with E-state index in [0.717, 1.165) is 0 Å². The summed E-state index contributed by atoms with van der Waals surface area (Å²) in [6.45, 7) is 4.59. The van der Waals surface area contributed by atoms with E-state index in [2.05, 4.69) is 5.32 Å². The molecule has 0 aromatic heterocycles. The number of esters is 1. The molecule has 0 saturated carbocycles. The predicted octanol–water partition coefficient (Wildman–Crippen LogP) is 1.84. The van der Waals surface area contributed by atoms with E-state index in [9.17, 15) is 9.18 Å². The smallest absolute Gasteiger partial charge is 0.330 e. The van der Waals surface area contributed by atoms with Crippen LogP contribution in [0.2, 0.25) is 0 Å². The maximum absolute atomic E-state index is 13.3. The Morgan fingerprint density at radius 3 is 2.79 bits per heavy atom. The molecule has 4 nitrogen and oxygen atoms in total. The lowest BCUT2D eigenvalue weighted by molar-refractivity contribution is -0.151. The van der Waals surface area contributed by atoms with E-state index in [0.29, 0.717) is 18.7 Å². The third-order valence-electron chi connectivity index (χ3n) is 2.87. The van der Waals surface area contributed by atoms with Gasteiger partial charge < -0.3 is 9.47 Å². The van der Waals surface area contributed by atoms with Gasteiger partial charge in [0.05, 0.1) is 13.2 Å². The molecular formula is C14H20FNO3. The van der Waals surface area contributed by atoms with Crippen LogP contribution in [0.3, 0.4) is 0 Å². The first-order valence-corrected chi connectivity index (χ1v) is 6.21. The third kappa shape index (κ3) is 4.01.